The van der Waals surface area contributed by atoms with E-state index in [1.165, 1.54) is 0 Å². The standard InChI is InChI=1S/C16H24N2O/c1-10(11-8-6-7-9-12(11)17)18-14(19)13-15(2,3)16(13,4)5/h6-10,13H,17H2,1-5H3,(H,18,19). The zero-order valence-electron chi connectivity index (χ0n) is 12.4. The maximum absolute atomic E-state index is 12.4. The van der Waals surface area contributed by atoms with Crippen LogP contribution in [0.5, 0.6) is 0 Å². The highest BCUT2D eigenvalue weighted by Crippen LogP contribution is 2.68. The molecule has 0 heterocycles. The summed E-state index contributed by atoms with van der Waals surface area (Å²) in [6, 6.07) is 7.62. The van der Waals surface area contributed by atoms with Crippen LogP contribution in [0.4, 0.5) is 5.69 Å². The number of para-hydroxylation sites is 1. The van der Waals surface area contributed by atoms with Crippen LogP contribution in [0.1, 0.15) is 46.2 Å². The third-order valence-electron chi connectivity index (χ3n) is 5.10. The van der Waals surface area contributed by atoms with Crippen LogP contribution in [0.15, 0.2) is 24.3 Å². The van der Waals surface area contributed by atoms with Crippen LogP contribution in [0, 0.1) is 16.7 Å². The van der Waals surface area contributed by atoms with Gasteiger partial charge < -0.3 is 11.1 Å². The van der Waals surface area contributed by atoms with Crippen molar-refractivity contribution in [1.82, 2.24) is 5.32 Å². The average Bonchev–Trinajstić information content (AvgIpc) is 2.69. The summed E-state index contributed by atoms with van der Waals surface area (Å²) in [5.41, 5.74) is 7.79. The van der Waals surface area contributed by atoms with Crippen LogP contribution < -0.4 is 11.1 Å². The Hall–Kier alpha value is -1.51. The number of carbonyl (C=O) groups excluding carboxylic acids is 1. The molecule has 0 bridgehead atoms. The predicted molar refractivity (Wildman–Crippen MR) is 78.5 cm³/mol. The quantitative estimate of drug-likeness (QED) is 0.820. The van der Waals surface area contributed by atoms with Crippen molar-refractivity contribution < 1.29 is 4.79 Å². The second-order valence-electron chi connectivity index (χ2n) is 6.74. The molecule has 1 fully saturated rings. The van der Waals surface area contributed by atoms with E-state index < -0.39 is 0 Å². The molecule has 19 heavy (non-hydrogen) atoms. The molecule has 3 heteroatoms. The largest absolute Gasteiger partial charge is 0.398 e. The monoisotopic (exact) mass is 260 g/mol. The molecule has 1 saturated carbocycles. The molecule has 3 nitrogen and oxygen atoms in total. The highest BCUT2D eigenvalue weighted by molar-refractivity contribution is 5.84. The minimum absolute atomic E-state index is 0.0547. The van der Waals surface area contributed by atoms with Gasteiger partial charge in [-0.05, 0) is 29.4 Å². The minimum atomic E-state index is -0.0547. The van der Waals surface area contributed by atoms with E-state index in [4.69, 9.17) is 5.73 Å². The Bertz CT molecular complexity index is 491. The van der Waals surface area contributed by atoms with Gasteiger partial charge in [0.1, 0.15) is 0 Å². The molecule has 1 aliphatic carbocycles. The van der Waals surface area contributed by atoms with Gasteiger partial charge in [0.15, 0.2) is 0 Å². The highest BCUT2D eigenvalue weighted by Gasteiger charge is 2.68. The second-order valence-corrected chi connectivity index (χ2v) is 6.74. The molecule has 1 aromatic rings. The normalized spacial score (nSPS) is 21.7. The molecule has 0 aromatic heterocycles. The molecule has 2 rings (SSSR count). The Morgan fingerprint density at radius 1 is 1.21 bits per heavy atom. The molecule has 0 aliphatic heterocycles. The number of nitrogen functional groups attached to an aromatic ring is 1. The lowest BCUT2D eigenvalue weighted by Crippen LogP contribution is -2.30. The maximum Gasteiger partial charge on any atom is 0.224 e. The van der Waals surface area contributed by atoms with E-state index in [0.29, 0.717) is 0 Å². The molecule has 0 radical (unpaired) electrons. The first-order valence-corrected chi connectivity index (χ1v) is 6.84. The van der Waals surface area contributed by atoms with Crippen molar-refractivity contribution in [2.24, 2.45) is 16.7 Å². The lowest BCUT2D eigenvalue weighted by Gasteiger charge is -2.17. The van der Waals surface area contributed by atoms with Crippen LogP contribution in [0.25, 0.3) is 0 Å². The van der Waals surface area contributed by atoms with E-state index >= 15 is 0 Å². The van der Waals surface area contributed by atoms with Crippen molar-refractivity contribution in [3.05, 3.63) is 29.8 Å². The number of nitrogens with one attached hydrogen (secondary N) is 1. The Balaban J connectivity index is 2.08. The zero-order valence-corrected chi connectivity index (χ0v) is 12.4. The van der Waals surface area contributed by atoms with Crippen molar-refractivity contribution in [2.45, 2.75) is 40.7 Å². The zero-order chi connectivity index (χ0) is 14.4. The van der Waals surface area contributed by atoms with Crippen molar-refractivity contribution in [1.29, 1.82) is 0 Å². The number of rotatable bonds is 3. The smallest absolute Gasteiger partial charge is 0.224 e. The molecule has 0 saturated heterocycles. The second kappa shape index (κ2) is 4.26. The van der Waals surface area contributed by atoms with Gasteiger partial charge in [0, 0.05) is 11.6 Å². The van der Waals surface area contributed by atoms with Crippen LogP contribution in [0.2, 0.25) is 0 Å². The highest BCUT2D eigenvalue weighted by atomic mass is 16.2. The SMILES string of the molecule is CC(NC(=O)C1C(C)(C)C1(C)C)c1ccccc1N. The van der Waals surface area contributed by atoms with Crippen LogP contribution in [-0.2, 0) is 4.79 Å². The van der Waals surface area contributed by atoms with Gasteiger partial charge in [-0.25, -0.2) is 0 Å². The Morgan fingerprint density at radius 3 is 2.21 bits per heavy atom. The first kappa shape index (κ1) is 13.9. The summed E-state index contributed by atoms with van der Waals surface area (Å²) in [4.78, 5) is 12.4. The summed E-state index contributed by atoms with van der Waals surface area (Å²) in [7, 11) is 0. The van der Waals surface area contributed by atoms with E-state index in [1.807, 2.05) is 31.2 Å². The summed E-state index contributed by atoms with van der Waals surface area (Å²) in [5, 5.41) is 3.09. The van der Waals surface area contributed by atoms with E-state index in [9.17, 15) is 4.79 Å². The summed E-state index contributed by atoms with van der Waals surface area (Å²) in [6.07, 6.45) is 0. The average molecular weight is 260 g/mol. The number of hydrogen-bond acceptors (Lipinski definition) is 2. The fourth-order valence-corrected chi connectivity index (χ4v) is 3.13. The number of hydrogen-bond donors (Lipinski definition) is 2. The minimum Gasteiger partial charge on any atom is -0.398 e. The van der Waals surface area contributed by atoms with Crippen molar-refractivity contribution in [3.8, 4) is 0 Å². The topological polar surface area (TPSA) is 55.1 Å². The lowest BCUT2D eigenvalue weighted by atomic mass is 10.0. The van der Waals surface area contributed by atoms with Gasteiger partial charge in [-0.3, -0.25) is 4.79 Å². The summed E-state index contributed by atoms with van der Waals surface area (Å²) >= 11 is 0. The molecule has 1 unspecified atom stereocenters. The first-order valence-electron chi connectivity index (χ1n) is 6.84. The Labute approximate surface area is 115 Å². The molecule has 0 spiro atoms. The summed E-state index contributed by atoms with van der Waals surface area (Å²) in [6.45, 7) is 10.6. The van der Waals surface area contributed by atoms with Crippen LogP contribution >= 0.6 is 0 Å². The number of nitrogens with two attached hydrogens (primary N) is 1. The molecule has 104 valence electrons. The van der Waals surface area contributed by atoms with Gasteiger partial charge >= 0.3 is 0 Å². The van der Waals surface area contributed by atoms with E-state index in [2.05, 4.69) is 33.0 Å². The third-order valence-corrected chi connectivity index (χ3v) is 5.10. The Morgan fingerprint density at radius 2 is 1.74 bits per heavy atom. The molecule has 1 amide bonds. The fourth-order valence-electron chi connectivity index (χ4n) is 3.13. The maximum atomic E-state index is 12.4. The van der Waals surface area contributed by atoms with Crippen LogP contribution in [-0.4, -0.2) is 5.91 Å². The number of benzene rings is 1. The van der Waals surface area contributed by atoms with Crippen LogP contribution in [0.3, 0.4) is 0 Å². The van der Waals surface area contributed by atoms with Gasteiger partial charge in [-0.1, -0.05) is 45.9 Å². The first-order chi connectivity index (χ1) is 8.69. The van der Waals surface area contributed by atoms with E-state index in [0.717, 1.165) is 11.3 Å². The number of amides is 1. The van der Waals surface area contributed by atoms with E-state index in [-0.39, 0.29) is 28.7 Å². The van der Waals surface area contributed by atoms with Gasteiger partial charge in [0.05, 0.1) is 6.04 Å². The van der Waals surface area contributed by atoms with Gasteiger partial charge in [0.2, 0.25) is 5.91 Å². The molecule has 1 aromatic carbocycles. The Kier molecular flexibility index (Phi) is 3.12. The molecule has 1 atom stereocenters. The third kappa shape index (κ3) is 2.11. The van der Waals surface area contributed by atoms with Gasteiger partial charge in [-0.15, -0.1) is 0 Å². The molecule has 3 N–H and O–H groups in total. The molecular formula is C16H24N2O. The summed E-state index contributed by atoms with van der Waals surface area (Å²) in [5.74, 6) is 0.207. The summed E-state index contributed by atoms with van der Waals surface area (Å²) < 4.78 is 0. The number of carbonyl (C=O) groups is 1. The van der Waals surface area contributed by atoms with Crippen molar-refractivity contribution >= 4 is 11.6 Å². The molecule has 1 aliphatic rings. The predicted octanol–water partition coefficient (Wildman–Crippen LogP) is 3.13. The number of anilines is 1. The van der Waals surface area contributed by atoms with Gasteiger partial charge in [-0.2, -0.15) is 0 Å². The van der Waals surface area contributed by atoms with Gasteiger partial charge in [0.25, 0.3) is 0 Å². The molecular weight excluding hydrogens is 236 g/mol. The van der Waals surface area contributed by atoms with Crippen molar-refractivity contribution in [3.63, 3.8) is 0 Å². The van der Waals surface area contributed by atoms with Crippen molar-refractivity contribution in [2.75, 3.05) is 5.73 Å². The fraction of sp³-hybridized carbons (Fsp3) is 0.562. The lowest BCUT2D eigenvalue weighted by molar-refractivity contribution is -0.124. The van der Waals surface area contributed by atoms with E-state index in [1.54, 1.807) is 0 Å².